The molecular formula is C38H44N8O6. The first-order valence-electron chi connectivity index (χ1n) is 17.4. The van der Waals surface area contributed by atoms with Crippen molar-refractivity contribution in [2.45, 2.75) is 39.3 Å². The SMILES string of the molecule is CCC(=O)Nc1ccc(CN2C(=O)N(c3cc(OC)cc(OC)c3)Cc3cnc(Nc4ccc(N5CCN(CCCC(=O)O)CC5)cc4)nc32)cc1. The lowest BCUT2D eigenvalue weighted by Crippen LogP contribution is -2.47. The first kappa shape index (κ1) is 35.9. The molecule has 0 spiro atoms. The van der Waals surface area contributed by atoms with Crippen LogP contribution in [-0.2, 0) is 22.7 Å². The second kappa shape index (κ2) is 16.4. The van der Waals surface area contributed by atoms with Gasteiger partial charge in [0.15, 0.2) is 0 Å². The number of hydrogen-bond acceptors (Lipinski definition) is 10. The Bertz CT molecular complexity index is 1860. The Morgan fingerprint density at radius 1 is 0.885 bits per heavy atom. The minimum absolute atomic E-state index is 0.0758. The molecule has 3 heterocycles. The van der Waals surface area contributed by atoms with Gasteiger partial charge in [-0.1, -0.05) is 19.1 Å². The highest BCUT2D eigenvalue weighted by atomic mass is 16.5. The number of carbonyl (C=O) groups excluding carboxylic acids is 2. The summed E-state index contributed by atoms with van der Waals surface area (Å²) < 4.78 is 11.0. The standard InChI is InChI=1S/C38H44N8O6/c1-4-34(47)40-28-9-7-26(8-10-28)24-46-36-27(25-45(38(46)50)31-20-32(51-2)22-33(21-31)52-3)23-39-37(42-36)41-29-11-13-30(14-12-29)44-18-16-43(17-19-44)15-5-6-35(48)49/h7-14,20-23H,4-6,15-19,24-25H2,1-3H3,(H,40,47)(H,48,49)(H,39,41,42). The maximum Gasteiger partial charge on any atom is 0.330 e. The van der Waals surface area contributed by atoms with E-state index in [-0.39, 0.29) is 31.4 Å². The van der Waals surface area contributed by atoms with E-state index in [1.165, 1.54) is 0 Å². The summed E-state index contributed by atoms with van der Waals surface area (Å²) in [6.45, 7) is 6.58. The van der Waals surface area contributed by atoms with Crippen molar-refractivity contribution >= 4 is 52.4 Å². The lowest BCUT2D eigenvalue weighted by atomic mass is 10.1. The average Bonchev–Trinajstić information content (AvgIpc) is 3.16. The Kier molecular flexibility index (Phi) is 11.3. The molecule has 3 aromatic carbocycles. The number of rotatable bonds is 14. The molecule has 4 aromatic rings. The summed E-state index contributed by atoms with van der Waals surface area (Å²) in [6.07, 6.45) is 2.98. The number of hydrogen-bond donors (Lipinski definition) is 3. The summed E-state index contributed by atoms with van der Waals surface area (Å²) in [6, 6.07) is 20.5. The van der Waals surface area contributed by atoms with E-state index in [2.05, 4.69) is 37.6 Å². The number of benzene rings is 3. The third-order valence-electron chi connectivity index (χ3n) is 9.16. The molecule has 0 bridgehead atoms. The van der Waals surface area contributed by atoms with Crippen molar-refractivity contribution < 1.29 is 29.0 Å². The number of carbonyl (C=O) groups is 3. The molecule has 1 saturated heterocycles. The molecule has 1 aromatic heterocycles. The molecule has 0 radical (unpaired) electrons. The number of fused-ring (bicyclic) bond motifs is 1. The average molecular weight is 709 g/mol. The van der Waals surface area contributed by atoms with Crippen LogP contribution in [-0.4, -0.2) is 84.8 Å². The second-order valence-corrected chi connectivity index (χ2v) is 12.7. The number of anilines is 6. The number of aliphatic carboxylic acids is 1. The van der Waals surface area contributed by atoms with Gasteiger partial charge in [0, 0.05) is 86.0 Å². The maximum atomic E-state index is 14.3. The van der Waals surface area contributed by atoms with E-state index >= 15 is 0 Å². The summed E-state index contributed by atoms with van der Waals surface area (Å²) in [5.41, 5.74) is 4.81. The Balaban J connectivity index is 1.20. The molecule has 272 valence electrons. The van der Waals surface area contributed by atoms with Crippen LogP contribution in [0.3, 0.4) is 0 Å². The van der Waals surface area contributed by atoms with E-state index in [1.54, 1.807) is 55.3 Å². The van der Waals surface area contributed by atoms with Gasteiger partial charge in [-0.05, 0) is 54.9 Å². The van der Waals surface area contributed by atoms with Crippen molar-refractivity contribution in [3.05, 3.63) is 84.1 Å². The molecule has 14 heteroatoms. The number of ether oxygens (including phenoxy) is 2. The van der Waals surface area contributed by atoms with E-state index in [4.69, 9.17) is 19.6 Å². The lowest BCUT2D eigenvalue weighted by Gasteiger charge is -2.36. The summed E-state index contributed by atoms with van der Waals surface area (Å²) in [5.74, 6) is 1.14. The molecule has 6 rings (SSSR count). The molecule has 3 amide bonds. The number of urea groups is 1. The summed E-state index contributed by atoms with van der Waals surface area (Å²) in [7, 11) is 3.13. The lowest BCUT2D eigenvalue weighted by molar-refractivity contribution is -0.137. The Morgan fingerprint density at radius 3 is 2.19 bits per heavy atom. The van der Waals surface area contributed by atoms with Crippen molar-refractivity contribution in [2.24, 2.45) is 0 Å². The van der Waals surface area contributed by atoms with E-state index in [0.29, 0.717) is 47.5 Å². The van der Waals surface area contributed by atoms with Crippen LogP contribution in [0, 0.1) is 0 Å². The Morgan fingerprint density at radius 2 is 1.56 bits per heavy atom. The molecule has 2 aliphatic rings. The normalized spacial score (nSPS) is 14.5. The number of carboxylic acids is 1. The van der Waals surface area contributed by atoms with Crippen molar-refractivity contribution in [3.63, 3.8) is 0 Å². The smallest absolute Gasteiger partial charge is 0.330 e. The van der Waals surface area contributed by atoms with E-state index in [1.807, 2.05) is 36.4 Å². The highest BCUT2D eigenvalue weighted by molar-refractivity contribution is 6.05. The number of nitrogens with zero attached hydrogens (tertiary/aromatic N) is 6. The summed E-state index contributed by atoms with van der Waals surface area (Å²) in [5, 5.41) is 15.1. The van der Waals surface area contributed by atoms with Crippen LogP contribution in [0.1, 0.15) is 37.3 Å². The molecule has 14 nitrogen and oxygen atoms in total. The molecule has 2 aliphatic heterocycles. The zero-order valence-corrected chi connectivity index (χ0v) is 29.7. The quantitative estimate of drug-likeness (QED) is 0.148. The van der Waals surface area contributed by atoms with Crippen molar-refractivity contribution in [1.82, 2.24) is 14.9 Å². The first-order chi connectivity index (χ1) is 25.2. The molecule has 0 atom stereocenters. The molecule has 1 fully saturated rings. The maximum absolute atomic E-state index is 14.3. The second-order valence-electron chi connectivity index (χ2n) is 12.7. The van der Waals surface area contributed by atoms with Crippen LogP contribution in [0.4, 0.5) is 39.3 Å². The predicted octanol–water partition coefficient (Wildman–Crippen LogP) is 5.72. The van der Waals surface area contributed by atoms with Crippen LogP contribution >= 0.6 is 0 Å². The van der Waals surface area contributed by atoms with Crippen LogP contribution in [0.15, 0.2) is 72.9 Å². The largest absolute Gasteiger partial charge is 0.497 e. The van der Waals surface area contributed by atoms with Gasteiger partial charge in [0.05, 0.1) is 33.0 Å². The van der Waals surface area contributed by atoms with Crippen molar-refractivity contribution in [1.29, 1.82) is 0 Å². The molecule has 52 heavy (non-hydrogen) atoms. The van der Waals surface area contributed by atoms with Gasteiger partial charge in [-0.2, -0.15) is 4.98 Å². The first-order valence-corrected chi connectivity index (χ1v) is 17.4. The van der Waals surface area contributed by atoms with Gasteiger partial charge in [0.2, 0.25) is 11.9 Å². The Hall–Kier alpha value is -5.89. The van der Waals surface area contributed by atoms with Crippen LogP contribution < -0.4 is 34.8 Å². The number of aromatic nitrogens is 2. The minimum atomic E-state index is -0.752. The zero-order chi connectivity index (χ0) is 36.6. The van der Waals surface area contributed by atoms with Gasteiger partial charge >= 0.3 is 12.0 Å². The van der Waals surface area contributed by atoms with Gasteiger partial charge in [0.25, 0.3) is 0 Å². The van der Waals surface area contributed by atoms with Gasteiger partial charge < -0.3 is 30.1 Å². The topological polar surface area (TPSA) is 153 Å². The van der Waals surface area contributed by atoms with Crippen molar-refractivity contribution in [2.75, 3.05) is 72.3 Å². The number of carboxylic acid groups (broad SMARTS) is 1. The third kappa shape index (κ3) is 8.69. The van der Waals surface area contributed by atoms with E-state index in [0.717, 1.165) is 55.2 Å². The van der Waals surface area contributed by atoms with E-state index < -0.39 is 5.97 Å². The summed E-state index contributed by atoms with van der Waals surface area (Å²) in [4.78, 5) is 54.4. The Labute approximate surface area is 303 Å². The fraction of sp³-hybridized carbons (Fsp3) is 0.342. The number of piperazine rings is 1. The fourth-order valence-corrected chi connectivity index (χ4v) is 6.26. The monoisotopic (exact) mass is 708 g/mol. The van der Waals surface area contributed by atoms with Crippen molar-refractivity contribution in [3.8, 4) is 11.5 Å². The predicted molar refractivity (Wildman–Crippen MR) is 200 cm³/mol. The fourth-order valence-electron chi connectivity index (χ4n) is 6.26. The summed E-state index contributed by atoms with van der Waals surface area (Å²) >= 11 is 0. The minimum Gasteiger partial charge on any atom is -0.497 e. The van der Waals surface area contributed by atoms with Gasteiger partial charge in [-0.25, -0.2) is 9.78 Å². The molecule has 3 N–H and O–H groups in total. The number of amides is 3. The van der Waals surface area contributed by atoms with Crippen LogP contribution in [0.2, 0.25) is 0 Å². The molecule has 0 aliphatic carbocycles. The molecule has 0 saturated carbocycles. The number of methoxy groups -OCH3 is 2. The highest BCUT2D eigenvalue weighted by Crippen LogP contribution is 2.36. The van der Waals surface area contributed by atoms with Gasteiger partial charge in [-0.3, -0.25) is 24.3 Å². The van der Waals surface area contributed by atoms with Crippen LogP contribution in [0.25, 0.3) is 0 Å². The van der Waals surface area contributed by atoms with Gasteiger partial charge in [0.1, 0.15) is 17.3 Å². The van der Waals surface area contributed by atoms with Gasteiger partial charge in [-0.15, -0.1) is 0 Å². The number of nitrogens with one attached hydrogen (secondary N) is 2. The third-order valence-corrected chi connectivity index (χ3v) is 9.16. The zero-order valence-electron chi connectivity index (χ0n) is 29.7. The van der Waals surface area contributed by atoms with Crippen LogP contribution in [0.5, 0.6) is 11.5 Å². The highest BCUT2D eigenvalue weighted by Gasteiger charge is 2.34. The molecule has 0 unspecified atom stereocenters. The molecular weight excluding hydrogens is 664 g/mol. The van der Waals surface area contributed by atoms with E-state index in [9.17, 15) is 14.4 Å².